The van der Waals surface area contributed by atoms with Gasteiger partial charge in [-0.15, -0.1) is 0 Å². The van der Waals surface area contributed by atoms with E-state index in [0.29, 0.717) is 36.2 Å². The molecule has 46 heavy (non-hydrogen) atoms. The number of piperazine rings is 1. The highest BCUT2D eigenvalue weighted by atomic mass is 35.5. The van der Waals surface area contributed by atoms with Crippen LogP contribution in [0.3, 0.4) is 0 Å². The molecule has 2 heterocycles. The van der Waals surface area contributed by atoms with Crippen LogP contribution < -0.4 is 15.4 Å². The zero-order valence-electron chi connectivity index (χ0n) is 25.7. The summed E-state index contributed by atoms with van der Waals surface area (Å²) in [6, 6.07) is 16.5. The van der Waals surface area contributed by atoms with Crippen molar-refractivity contribution in [2.75, 3.05) is 46.9 Å². The molecule has 5 rings (SSSR count). The Morgan fingerprint density at radius 1 is 0.957 bits per heavy atom. The van der Waals surface area contributed by atoms with Crippen molar-refractivity contribution in [2.45, 2.75) is 37.0 Å². The Bertz CT molecular complexity index is 1480. The van der Waals surface area contributed by atoms with Crippen LogP contribution in [-0.4, -0.2) is 79.9 Å². The first-order valence-corrected chi connectivity index (χ1v) is 15.7. The van der Waals surface area contributed by atoms with Gasteiger partial charge in [0.25, 0.3) is 5.91 Å². The maximum absolute atomic E-state index is 14.9. The summed E-state index contributed by atoms with van der Waals surface area (Å²) in [5, 5.41) is 8.11. The SMILES string of the molecule is CCOc1cc(C(F)(F)F)ccc1C1(C(=O)N2CCN(C(C=O)N(C)C)CC2)NC(c2ccc(Cl)cc2)C(c2ccc(Cl)cc2)N1. The van der Waals surface area contributed by atoms with E-state index in [1.807, 2.05) is 43.3 Å². The zero-order valence-corrected chi connectivity index (χ0v) is 27.2. The van der Waals surface area contributed by atoms with Crippen LogP contribution in [-0.2, 0) is 21.4 Å². The second-order valence-corrected chi connectivity index (χ2v) is 12.5. The van der Waals surface area contributed by atoms with Gasteiger partial charge in [0.2, 0.25) is 0 Å². The third kappa shape index (κ3) is 6.90. The van der Waals surface area contributed by atoms with Crippen molar-refractivity contribution in [1.29, 1.82) is 0 Å². The molecule has 8 nitrogen and oxygen atoms in total. The minimum absolute atomic E-state index is 0.0652. The van der Waals surface area contributed by atoms with Gasteiger partial charge in [-0.25, -0.2) is 0 Å². The molecule has 0 saturated carbocycles. The van der Waals surface area contributed by atoms with Crippen LogP contribution in [0.25, 0.3) is 0 Å². The van der Waals surface area contributed by atoms with Crippen LogP contribution in [0, 0.1) is 0 Å². The number of likely N-dealkylation sites (N-methyl/N-ethyl adjacent to an activating group) is 1. The van der Waals surface area contributed by atoms with Gasteiger partial charge in [0, 0.05) is 41.8 Å². The lowest BCUT2D eigenvalue weighted by Crippen LogP contribution is -2.63. The van der Waals surface area contributed by atoms with Crippen LogP contribution in [0.1, 0.15) is 41.3 Å². The maximum atomic E-state index is 14.9. The molecule has 0 bridgehead atoms. The number of nitrogens with zero attached hydrogens (tertiary/aromatic N) is 3. The number of carbonyl (C=O) groups excluding carboxylic acids is 2. The Hall–Kier alpha value is -3.19. The number of amides is 1. The fraction of sp³-hybridized carbons (Fsp3) is 0.394. The van der Waals surface area contributed by atoms with Crippen molar-refractivity contribution in [3.05, 3.63) is 99.0 Å². The molecule has 3 unspecified atom stereocenters. The first kappa shape index (κ1) is 34.2. The summed E-state index contributed by atoms with van der Waals surface area (Å²) in [5.74, 6) is -0.444. The first-order chi connectivity index (χ1) is 21.9. The molecule has 0 radical (unpaired) electrons. The number of benzene rings is 3. The predicted octanol–water partition coefficient (Wildman–Crippen LogP) is 5.47. The molecule has 1 amide bonds. The topological polar surface area (TPSA) is 77.2 Å². The fourth-order valence-electron chi connectivity index (χ4n) is 6.21. The average Bonchev–Trinajstić information content (AvgIpc) is 3.43. The number of ether oxygens (including phenoxy) is 1. The summed E-state index contributed by atoms with van der Waals surface area (Å²) in [4.78, 5) is 32.1. The number of carbonyl (C=O) groups is 2. The Balaban J connectivity index is 1.63. The second-order valence-electron chi connectivity index (χ2n) is 11.6. The Morgan fingerprint density at radius 2 is 1.48 bits per heavy atom. The minimum Gasteiger partial charge on any atom is -0.493 e. The number of hydrogen-bond acceptors (Lipinski definition) is 7. The van der Waals surface area contributed by atoms with Gasteiger partial charge in [-0.05, 0) is 68.5 Å². The molecule has 2 saturated heterocycles. The highest BCUT2D eigenvalue weighted by Gasteiger charge is 2.55. The molecular formula is C33H36Cl2F3N5O3. The summed E-state index contributed by atoms with van der Waals surface area (Å²) >= 11 is 12.4. The lowest BCUT2D eigenvalue weighted by molar-refractivity contribution is -0.142. The standard InChI is InChI=1S/C33H36Cl2F3N5O3/c1-4-46-27-19-23(33(36,37)38)9-14-26(27)32(31(45)43-17-15-42(16-18-43)28(20-44)41(2)3)39-29(21-5-10-24(34)11-6-21)30(40-32)22-7-12-25(35)13-8-22/h5-14,19-20,28-30,39-40H,4,15-18H2,1-3H3. The molecule has 0 aliphatic carbocycles. The molecule has 0 aromatic heterocycles. The van der Waals surface area contributed by atoms with Gasteiger partial charge in [-0.1, -0.05) is 53.5 Å². The summed E-state index contributed by atoms with van der Waals surface area (Å²) < 4.78 is 47.4. The number of hydrogen-bond donors (Lipinski definition) is 2. The van der Waals surface area contributed by atoms with Crippen LogP contribution in [0.2, 0.25) is 10.0 Å². The van der Waals surface area contributed by atoms with Gasteiger partial charge in [-0.2, -0.15) is 13.2 Å². The van der Waals surface area contributed by atoms with Gasteiger partial charge in [-0.3, -0.25) is 25.2 Å². The van der Waals surface area contributed by atoms with Crippen LogP contribution in [0.5, 0.6) is 5.75 Å². The van der Waals surface area contributed by atoms with Crippen molar-refractivity contribution in [3.63, 3.8) is 0 Å². The largest absolute Gasteiger partial charge is 0.493 e. The van der Waals surface area contributed by atoms with Crippen LogP contribution in [0.4, 0.5) is 13.2 Å². The number of halogens is 5. The van der Waals surface area contributed by atoms with Crippen molar-refractivity contribution >= 4 is 35.4 Å². The number of rotatable bonds is 9. The fourth-order valence-corrected chi connectivity index (χ4v) is 6.46. The molecule has 13 heteroatoms. The predicted molar refractivity (Wildman–Crippen MR) is 171 cm³/mol. The van der Waals surface area contributed by atoms with E-state index >= 15 is 0 Å². The van der Waals surface area contributed by atoms with Gasteiger partial charge in [0.05, 0.1) is 24.3 Å². The Kier molecular flexibility index (Phi) is 10.3. The highest BCUT2D eigenvalue weighted by Crippen LogP contribution is 2.46. The molecule has 2 aliphatic rings. The second kappa shape index (κ2) is 13.9. The quantitative estimate of drug-likeness (QED) is 0.291. The number of alkyl halides is 3. The Labute approximate surface area is 276 Å². The molecule has 2 N–H and O–H groups in total. The lowest BCUT2D eigenvalue weighted by Gasteiger charge is -2.42. The van der Waals surface area contributed by atoms with E-state index in [9.17, 15) is 22.8 Å². The van der Waals surface area contributed by atoms with Gasteiger partial charge in [0.1, 0.15) is 11.9 Å². The molecular weight excluding hydrogens is 642 g/mol. The lowest BCUT2D eigenvalue weighted by atomic mass is 9.94. The number of nitrogens with one attached hydrogen (secondary N) is 2. The highest BCUT2D eigenvalue weighted by molar-refractivity contribution is 6.30. The summed E-state index contributed by atoms with van der Waals surface area (Å²) in [7, 11) is 3.62. The summed E-state index contributed by atoms with van der Waals surface area (Å²) in [6.07, 6.45) is -4.20. The average molecular weight is 679 g/mol. The third-order valence-electron chi connectivity index (χ3n) is 8.50. The molecule has 2 fully saturated rings. The van der Waals surface area contributed by atoms with Crippen molar-refractivity contribution < 1.29 is 27.5 Å². The number of aldehydes is 1. The van der Waals surface area contributed by atoms with E-state index in [1.54, 1.807) is 41.0 Å². The summed E-state index contributed by atoms with van der Waals surface area (Å²) in [6.45, 7) is 3.20. The monoisotopic (exact) mass is 677 g/mol. The minimum atomic E-state index is -4.62. The van der Waals surface area contributed by atoms with Gasteiger partial charge >= 0.3 is 6.18 Å². The Morgan fingerprint density at radius 3 is 1.91 bits per heavy atom. The van der Waals surface area contributed by atoms with Gasteiger partial charge in [0.15, 0.2) is 11.9 Å². The molecule has 0 spiro atoms. The van der Waals surface area contributed by atoms with Crippen molar-refractivity contribution in [3.8, 4) is 5.75 Å². The third-order valence-corrected chi connectivity index (χ3v) is 9.00. The normalized spacial score (nSPS) is 23.0. The zero-order chi connectivity index (χ0) is 33.2. The molecule has 246 valence electrons. The maximum Gasteiger partial charge on any atom is 0.416 e. The van der Waals surface area contributed by atoms with E-state index < -0.39 is 35.7 Å². The van der Waals surface area contributed by atoms with E-state index in [2.05, 4.69) is 10.6 Å². The first-order valence-electron chi connectivity index (χ1n) is 14.9. The van der Waals surface area contributed by atoms with Crippen molar-refractivity contribution in [2.24, 2.45) is 0 Å². The smallest absolute Gasteiger partial charge is 0.416 e. The molecule has 2 aliphatic heterocycles. The molecule has 3 aromatic rings. The van der Waals surface area contributed by atoms with E-state index in [0.717, 1.165) is 29.5 Å². The van der Waals surface area contributed by atoms with E-state index in [4.69, 9.17) is 27.9 Å². The molecule has 3 aromatic carbocycles. The molecule has 3 atom stereocenters. The summed E-state index contributed by atoms with van der Waals surface area (Å²) in [5.41, 5.74) is -0.746. The van der Waals surface area contributed by atoms with E-state index in [1.165, 1.54) is 6.07 Å². The van der Waals surface area contributed by atoms with Crippen molar-refractivity contribution in [1.82, 2.24) is 25.3 Å². The van der Waals surface area contributed by atoms with Crippen LogP contribution >= 0.6 is 23.2 Å². The van der Waals surface area contributed by atoms with E-state index in [-0.39, 0.29) is 23.8 Å². The van der Waals surface area contributed by atoms with Gasteiger partial charge < -0.3 is 14.4 Å². The van der Waals surface area contributed by atoms with Crippen LogP contribution in [0.15, 0.2) is 66.7 Å².